The fourth-order valence-corrected chi connectivity index (χ4v) is 3.52. The zero-order valence-electron chi connectivity index (χ0n) is 11.3. The minimum absolute atomic E-state index is 0.0468. The summed E-state index contributed by atoms with van der Waals surface area (Å²) in [6.07, 6.45) is 0.901. The molecule has 1 saturated heterocycles. The third-order valence-electron chi connectivity index (χ3n) is 4.45. The number of anilines is 1. The van der Waals surface area contributed by atoms with Gasteiger partial charge in [-0.25, -0.2) is 0 Å². The highest BCUT2D eigenvalue weighted by Crippen LogP contribution is 2.44. The summed E-state index contributed by atoms with van der Waals surface area (Å²) in [6.45, 7) is 3.26. The van der Waals surface area contributed by atoms with Crippen LogP contribution in [0.15, 0.2) is 18.2 Å². The molecule has 0 spiro atoms. The van der Waals surface area contributed by atoms with Crippen LogP contribution in [-0.2, 0) is 9.53 Å². The zero-order valence-corrected chi connectivity index (χ0v) is 11.3. The molecule has 0 aromatic heterocycles. The maximum Gasteiger partial charge on any atom is 0.311 e. The smallest absolute Gasteiger partial charge is 0.311 e. The first-order chi connectivity index (χ1) is 9.09. The minimum atomic E-state index is -0.736. The van der Waals surface area contributed by atoms with Crippen molar-refractivity contribution in [2.75, 3.05) is 25.2 Å². The van der Waals surface area contributed by atoms with Gasteiger partial charge in [-0.05, 0) is 25.0 Å². The van der Waals surface area contributed by atoms with E-state index in [2.05, 4.69) is 11.9 Å². The predicted molar refractivity (Wildman–Crippen MR) is 72.7 cm³/mol. The predicted octanol–water partition coefficient (Wildman–Crippen LogP) is 2.02. The number of aliphatic carboxylic acids is 1. The van der Waals surface area contributed by atoms with E-state index in [0.717, 1.165) is 29.8 Å². The van der Waals surface area contributed by atoms with Crippen molar-refractivity contribution in [3.8, 4) is 0 Å². The molecule has 1 fully saturated rings. The average Bonchev–Trinajstić information content (AvgIpc) is 2.38. The molecule has 0 aliphatic carbocycles. The third-order valence-corrected chi connectivity index (χ3v) is 4.45. The van der Waals surface area contributed by atoms with E-state index in [1.807, 2.05) is 25.1 Å². The fraction of sp³-hybridized carbons (Fsp3) is 0.533. The number of rotatable bonds is 1. The van der Waals surface area contributed by atoms with E-state index in [-0.39, 0.29) is 12.0 Å². The van der Waals surface area contributed by atoms with Crippen LogP contribution in [0.1, 0.15) is 23.5 Å². The second-order valence-electron chi connectivity index (χ2n) is 5.58. The number of hydrogen-bond acceptors (Lipinski definition) is 3. The van der Waals surface area contributed by atoms with Gasteiger partial charge in [-0.1, -0.05) is 17.7 Å². The lowest BCUT2D eigenvalue weighted by molar-refractivity contribution is -0.142. The van der Waals surface area contributed by atoms with Gasteiger partial charge in [-0.15, -0.1) is 0 Å². The van der Waals surface area contributed by atoms with Crippen LogP contribution in [0, 0.1) is 12.8 Å². The second-order valence-corrected chi connectivity index (χ2v) is 5.58. The van der Waals surface area contributed by atoms with Crippen molar-refractivity contribution in [1.29, 1.82) is 0 Å². The molecule has 0 amide bonds. The number of carboxylic acids is 1. The maximum absolute atomic E-state index is 11.7. The quantitative estimate of drug-likeness (QED) is 0.840. The monoisotopic (exact) mass is 261 g/mol. The van der Waals surface area contributed by atoms with E-state index in [1.165, 1.54) is 0 Å². The molecule has 102 valence electrons. The van der Waals surface area contributed by atoms with Crippen molar-refractivity contribution in [3.05, 3.63) is 29.3 Å². The first-order valence-electron chi connectivity index (χ1n) is 6.73. The summed E-state index contributed by atoms with van der Waals surface area (Å²) in [7, 11) is 2.06. The molecule has 4 nitrogen and oxygen atoms in total. The van der Waals surface area contributed by atoms with Crippen molar-refractivity contribution in [1.82, 2.24) is 0 Å². The molecule has 0 saturated carbocycles. The molecular formula is C15H19NO3. The SMILES string of the molecule is Cc1ccc2c(c1)C(C(=O)O)C1COCCC1N2C. The molecular weight excluding hydrogens is 242 g/mol. The first kappa shape index (κ1) is 12.5. The molecule has 2 heterocycles. The van der Waals surface area contributed by atoms with E-state index < -0.39 is 11.9 Å². The fourth-order valence-electron chi connectivity index (χ4n) is 3.52. The molecule has 0 radical (unpaired) electrons. The van der Waals surface area contributed by atoms with Gasteiger partial charge in [0.05, 0.1) is 12.5 Å². The van der Waals surface area contributed by atoms with Gasteiger partial charge in [-0.2, -0.15) is 0 Å². The molecule has 1 N–H and O–H groups in total. The maximum atomic E-state index is 11.7. The molecule has 3 atom stereocenters. The van der Waals surface area contributed by atoms with Crippen LogP contribution in [0.25, 0.3) is 0 Å². The Labute approximate surface area is 113 Å². The number of nitrogens with zero attached hydrogens (tertiary/aromatic N) is 1. The van der Waals surface area contributed by atoms with E-state index in [4.69, 9.17) is 4.74 Å². The summed E-state index contributed by atoms with van der Waals surface area (Å²) in [5.74, 6) is -1.14. The number of aryl methyl sites for hydroxylation is 1. The summed E-state index contributed by atoms with van der Waals surface area (Å²) >= 11 is 0. The molecule has 4 heteroatoms. The Hall–Kier alpha value is -1.55. The minimum Gasteiger partial charge on any atom is -0.481 e. The molecule has 1 aromatic rings. The van der Waals surface area contributed by atoms with Crippen LogP contribution < -0.4 is 4.90 Å². The van der Waals surface area contributed by atoms with Crippen LogP contribution in [-0.4, -0.2) is 37.4 Å². The van der Waals surface area contributed by atoms with Crippen molar-refractivity contribution in [2.45, 2.75) is 25.3 Å². The highest BCUT2D eigenvalue weighted by molar-refractivity contribution is 5.81. The Morgan fingerprint density at radius 2 is 2.26 bits per heavy atom. The number of hydrogen-bond donors (Lipinski definition) is 1. The molecule has 3 unspecified atom stereocenters. The van der Waals surface area contributed by atoms with E-state index >= 15 is 0 Å². The average molecular weight is 261 g/mol. The molecule has 2 aliphatic rings. The third kappa shape index (κ3) is 1.91. The molecule has 19 heavy (non-hydrogen) atoms. The van der Waals surface area contributed by atoms with E-state index in [9.17, 15) is 9.90 Å². The number of fused-ring (bicyclic) bond motifs is 2. The summed E-state index contributed by atoms with van der Waals surface area (Å²) in [5, 5.41) is 9.63. The Morgan fingerprint density at radius 3 is 3.00 bits per heavy atom. The van der Waals surface area contributed by atoms with Gasteiger partial charge in [-0.3, -0.25) is 4.79 Å². The lowest BCUT2D eigenvalue weighted by Crippen LogP contribution is -2.51. The van der Waals surface area contributed by atoms with Crippen molar-refractivity contribution >= 4 is 11.7 Å². The van der Waals surface area contributed by atoms with E-state index in [0.29, 0.717) is 6.61 Å². The molecule has 3 rings (SSSR count). The summed E-state index contributed by atoms with van der Waals surface area (Å²) in [4.78, 5) is 14.0. The largest absolute Gasteiger partial charge is 0.481 e. The van der Waals surface area contributed by atoms with Crippen LogP contribution in [0.5, 0.6) is 0 Å². The van der Waals surface area contributed by atoms with Crippen molar-refractivity contribution < 1.29 is 14.6 Å². The number of ether oxygens (including phenoxy) is 1. The van der Waals surface area contributed by atoms with Gasteiger partial charge in [0, 0.05) is 31.3 Å². The van der Waals surface area contributed by atoms with Gasteiger partial charge >= 0.3 is 5.97 Å². The second kappa shape index (κ2) is 4.53. The molecule has 0 bridgehead atoms. The highest BCUT2D eigenvalue weighted by Gasteiger charge is 2.44. The van der Waals surface area contributed by atoms with Crippen molar-refractivity contribution in [3.63, 3.8) is 0 Å². The van der Waals surface area contributed by atoms with Gasteiger partial charge < -0.3 is 14.7 Å². The lowest BCUT2D eigenvalue weighted by Gasteiger charge is -2.47. The van der Waals surface area contributed by atoms with Gasteiger partial charge in [0.15, 0.2) is 0 Å². The van der Waals surface area contributed by atoms with Gasteiger partial charge in [0.25, 0.3) is 0 Å². The lowest BCUT2D eigenvalue weighted by atomic mass is 9.74. The number of benzene rings is 1. The standard InChI is InChI=1S/C15H19NO3/c1-9-3-4-12-10(7-9)14(15(17)18)11-8-19-6-5-13(11)16(12)2/h3-4,7,11,13-14H,5-6,8H2,1-2H3,(H,17,18). The van der Waals surface area contributed by atoms with Crippen LogP contribution in [0.2, 0.25) is 0 Å². The van der Waals surface area contributed by atoms with E-state index in [1.54, 1.807) is 0 Å². The summed E-state index contributed by atoms with van der Waals surface area (Å²) < 4.78 is 5.52. The van der Waals surface area contributed by atoms with Crippen LogP contribution in [0.4, 0.5) is 5.69 Å². The zero-order chi connectivity index (χ0) is 13.6. The Kier molecular flexibility index (Phi) is 2.97. The molecule has 1 aromatic carbocycles. The van der Waals surface area contributed by atoms with Gasteiger partial charge in [0.1, 0.15) is 0 Å². The van der Waals surface area contributed by atoms with Crippen LogP contribution in [0.3, 0.4) is 0 Å². The van der Waals surface area contributed by atoms with Crippen molar-refractivity contribution in [2.24, 2.45) is 5.92 Å². The number of carboxylic acid groups (broad SMARTS) is 1. The Bertz CT molecular complexity index is 514. The highest BCUT2D eigenvalue weighted by atomic mass is 16.5. The Morgan fingerprint density at radius 1 is 1.47 bits per heavy atom. The first-order valence-corrected chi connectivity index (χ1v) is 6.73. The normalized spacial score (nSPS) is 29.6. The van der Waals surface area contributed by atoms with Gasteiger partial charge in [0.2, 0.25) is 0 Å². The Balaban J connectivity index is 2.13. The van der Waals surface area contributed by atoms with Crippen LogP contribution >= 0.6 is 0 Å². The molecule has 2 aliphatic heterocycles. The number of carbonyl (C=O) groups is 1. The summed E-state index contributed by atoms with van der Waals surface area (Å²) in [6, 6.07) is 6.38. The topological polar surface area (TPSA) is 49.8 Å². The summed E-state index contributed by atoms with van der Waals surface area (Å²) in [5.41, 5.74) is 3.09.